The van der Waals surface area contributed by atoms with Crippen molar-refractivity contribution in [2.75, 3.05) is 30.6 Å². The molecular weight excluding hydrogens is 454 g/mol. The number of sulfonamides is 1. The molecule has 3 aromatic rings. The van der Waals surface area contributed by atoms with E-state index in [0.29, 0.717) is 24.5 Å². The molecule has 0 atom stereocenters. The van der Waals surface area contributed by atoms with E-state index in [4.69, 9.17) is 4.74 Å². The third-order valence-corrected chi connectivity index (χ3v) is 8.24. The van der Waals surface area contributed by atoms with Gasteiger partial charge in [-0.25, -0.2) is 17.2 Å². The van der Waals surface area contributed by atoms with Gasteiger partial charge in [-0.3, -0.25) is 9.21 Å². The van der Waals surface area contributed by atoms with Crippen molar-refractivity contribution in [3.63, 3.8) is 0 Å². The van der Waals surface area contributed by atoms with Crippen LogP contribution in [0.1, 0.15) is 16.0 Å². The van der Waals surface area contributed by atoms with Crippen molar-refractivity contribution >= 4 is 27.0 Å². The minimum absolute atomic E-state index is 0.0672. The topological polar surface area (TPSA) is 49.9 Å². The van der Waals surface area contributed by atoms with Gasteiger partial charge in [0, 0.05) is 24.5 Å². The molecule has 0 spiro atoms. The fourth-order valence-corrected chi connectivity index (χ4v) is 6.28. The van der Waals surface area contributed by atoms with E-state index in [0.717, 1.165) is 36.1 Å². The molecule has 1 aliphatic heterocycles. The zero-order valence-corrected chi connectivity index (χ0v) is 19.3. The largest absolute Gasteiger partial charge is 0.379 e. The molecule has 0 bridgehead atoms. The molecule has 0 saturated carbocycles. The summed E-state index contributed by atoms with van der Waals surface area (Å²) in [6.07, 6.45) is 0. The second kappa shape index (κ2) is 9.66. The molecule has 170 valence electrons. The first-order valence-corrected chi connectivity index (χ1v) is 12.6. The van der Waals surface area contributed by atoms with Gasteiger partial charge in [0.15, 0.2) is 0 Å². The van der Waals surface area contributed by atoms with Crippen LogP contribution in [-0.4, -0.2) is 39.6 Å². The Morgan fingerprint density at radius 1 is 1.03 bits per heavy atom. The number of aryl methyl sites for hydroxylation is 1. The Balaban J connectivity index is 1.65. The quantitative estimate of drug-likeness (QED) is 0.500. The number of nitrogens with zero attached hydrogens (tertiary/aromatic N) is 2. The fourth-order valence-electron chi connectivity index (χ4n) is 3.64. The van der Waals surface area contributed by atoms with Gasteiger partial charge in [-0.05, 0) is 65.9 Å². The highest BCUT2D eigenvalue weighted by Gasteiger charge is 2.28. The molecular formula is C23H24F2N2O3S2. The SMILES string of the molecule is Cc1ccc(F)cc1S(=O)(=O)N(Cc1cc(CN2CCOCC2)cs1)c1ccc(F)cc1. The van der Waals surface area contributed by atoms with E-state index in [2.05, 4.69) is 4.90 Å². The van der Waals surface area contributed by atoms with Crippen molar-refractivity contribution < 1.29 is 21.9 Å². The average molecular weight is 479 g/mol. The van der Waals surface area contributed by atoms with Gasteiger partial charge >= 0.3 is 0 Å². The normalized spacial score (nSPS) is 15.1. The number of ether oxygens (including phenoxy) is 1. The first-order valence-electron chi connectivity index (χ1n) is 10.2. The number of halogens is 2. The molecule has 1 saturated heterocycles. The number of morpholine rings is 1. The van der Waals surface area contributed by atoms with E-state index in [-0.39, 0.29) is 11.4 Å². The van der Waals surface area contributed by atoms with Crippen LogP contribution in [0.15, 0.2) is 58.8 Å². The standard InChI is InChI=1S/C23H24F2N2O3S2/c1-17-2-3-20(25)13-23(17)32(28,29)27(21-6-4-19(24)5-7-21)15-22-12-18(16-31-22)14-26-8-10-30-11-9-26/h2-7,12-13,16H,8-11,14-15H2,1H3. The van der Waals surface area contributed by atoms with E-state index in [1.807, 2.05) is 11.4 Å². The highest BCUT2D eigenvalue weighted by atomic mass is 32.2. The van der Waals surface area contributed by atoms with Crippen LogP contribution in [0.2, 0.25) is 0 Å². The van der Waals surface area contributed by atoms with Gasteiger partial charge in [-0.2, -0.15) is 0 Å². The second-order valence-electron chi connectivity index (χ2n) is 7.71. The summed E-state index contributed by atoms with van der Waals surface area (Å²) in [7, 11) is -4.09. The number of benzene rings is 2. The Morgan fingerprint density at radius 3 is 2.44 bits per heavy atom. The van der Waals surface area contributed by atoms with Crippen molar-refractivity contribution in [1.29, 1.82) is 0 Å². The van der Waals surface area contributed by atoms with Crippen molar-refractivity contribution in [2.24, 2.45) is 0 Å². The Labute approximate surface area is 190 Å². The van der Waals surface area contributed by atoms with Crippen molar-refractivity contribution in [3.05, 3.63) is 81.5 Å². The lowest BCUT2D eigenvalue weighted by atomic mass is 10.2. The summed E-state index contributed by atoms with van der Waals surface area (Å²) < 4.78 is 61.1. The Kier molecular flexibility index (Phi) is 6.90. The summed E-state index contributed by atoms with van der Waals surface area (Å²) in [5.74, 6) is -1.09. The molecule has 32 heavy (non-hydrogen) atoms. The number of anilines is 1. The first-order chi connectivity index (χ1) is 15.3. The molecule has 1 aliphatic rings. The highest BCUT2D eigenvalue weighted by Crippen LogP contribution is 2.30. The fraction of sp³-hybridized carbons (Fsp3) is 0.304. The van der Waals surface area contributed by atoms with E-state index in [9.17, 15) is 17.2 Å². The highest BCUT2D eigenvalue weighted by molar-refractivity contribution is 7.92. The number of hydrogen-bond acceptors (Lipinski definition) is 5. The first kappa shape index (κ1) is 22.8. The molecule has 1 fully saturated rings. The molecule has 0 unspecified atom stereocenters. The maximum Gasteiger partial charge on any atom is 0.265 e. The average Bonchev–Trinajstić information content (AvgIpc) is 3.22. The summed E-state index contributed by atoms with van der Waals surface area (Å²) in [4.78, 5) is 3.03. The molecule has 1 aromatic heterocycles. The third-order valence-electron chi connectivity index (χ3n) is 5.35. The van der Waals surface area contributed by atoms with E-state index >= 15 is 0 Å². The summed E-state index contributed by atoms with van der Waals surface area (Å²) in [5.41, 5.74) is 1.86. The van der Waals surface area contributed by atoms with Crippen LogP contribution in [0, 0.1) is 18.6 Å². The van der Waals surface area contributed by atoms with Gasteiger partial charge in [-0.1, -0.05) is 6.07 Å². The van der Waals surface area contributed by atoms with Gasteiger partial charge in [0.2, 0.25) is 0 Å². The van der Waals surface area contributed by atoms with Gasteiger partial charge in [-0.15, -0.1) is 11.3 Å². The lowest BCUT2D eigenvalue weighted by Crippen LogP contribution is -2.35. The summed E-state index contributed by atoms with van der Waals surface area (Å²) >= 11 is 1.47. The van der Waals surface area contributed by atoms with Crippen LogP contribution in [0.3, 0.4) is 0 Å². The van der Waals surface area contributed by atoms with Crippen LogP contribution >= 0.6 is 11.3 Å². The van der Waals surface area contributed by atoms with Crippen molar-refractivity contribution in [3.8, 4) is 0 Å². The van der Waals surface area contributed by atoms with Crippen molar-refractivity contribution in [1.82, 2.24) is 4.90 Å². The summed E-state index contributed by atoms with van der Waals surface area (Å²) in [5, 5.41) is 2.02. The molecule has 0 aliphatic carbocycles. The van der Waals surface area contributed by atoms with E-state index < -0.39 is 21.7 Å². The monoisotopic (exact) mass is 478 g/mol. The van der Waals surface area contributed by atoms with Crippen LogP contribution < -0.4 is 4.31 Å². The number of rotatable bonds is 7. The molecule has 0 amide bonds. The Hall–Kier alpha value is -2.33. The Bertz CT molecular complexity index is 1170. The predicted molar refractivity (Wildman–Crippen MR) is 121 cm³/mol. The number of thiophene rings is 1. The van der Waals surface area contributed by atoms with Crippen LogP contribution in [0.5, 0.6) is 0 Å². The van der Waals surface area contributed by atoms with Crippen LogP contribution in [-0.2, 0) is 27.8 Å². The zero-order valence-electron chi connectivity index (χ0n) is 17.6. The van der Waals surface area contributed by atoms with Crippen molar-refractivity contribution in [2.45, 2.75) is 24.9 Å². The van der Waals surface area contributed by atoms with Gasteiger partial charge < -0.3 is 4.74 Å². The van der Waals surface area contributed by atoms with Gasteiger partial charge in [0.25, 0.3) is 10.0 Å². The molecule has 9 heteroatoms. The lowest BCUT2D eigenvalue weighted by Gasteiger charge is -2.26. The maximum atomic E-state index is 13.9. The molecule has 2 heterocycles. The molecule has 0 radical (unpaired) electrons. The van der Waals surface area contributed by atoms with E-state index in [1.165, 1.54) is 52.0 Å². The zero-order chi connectivity index (χ0) is 22.7. The smallest absolute Gasteiger partial charge is 0.265 e. The molecule has 2 aromatic carbocycles. The second-order valence-corrected chi connectivity index (χ2v) is 10.5. The lowest BCUT2D eigenvalue weighted by molar-refractivity contribution is 0.0342. The summed E-state index contributed by atoms with van der Waals surface area (Å²) in [6, 6.07) is 11.0. The predicted octanol–water partition coefficient (Wildman–Crippen LogP) is 4.56. The molecule has 0 N–H and O–H groups in total. The minimum Gasteiger partial charge on any atom is -0.379 e. The van der Waals surface area contributed by atoms with Crippen LogP contribution in [0.4, 0.5) is 14.5 Å². The third kappa shape index (κ3) is 5.17. The maximum absolute atomic E-state index is 13.9. The van der Waals surface area contributed by atoms with Gasteiger partial charge in [0.05, 0.1) is 30.3 Å². The number of hydrogen-bond donors (Lipinski definition) is 0. The summed E-state index contributed by atoms with van der Waals surface area (Å²) in [6.45, 7) is 5.60. The molecule has 4 rings (SSSR count). The van der Waals surface area contributed by atoms with E-state index in [1.54, 1.807) is 6.92 Å². The van der Waals surface area contributed by atoms with Crippen LogP contribution in [0.25, 0.3) is 0 Å². The minimum atomic E-state index is -4.09. The molecule has 5 nitrogen and oxygen atoms in total. The van der Waals surface area contributed by atoms with Gasteiger partial charge in [0.1, 0.15) is 11.6 Å². The Morgan fingerprint density at radius 2 is 1.72 bits per heavy atom.